The van der Waals surface area contributed by atoms with E-state index in [4.69, 9.17) is 0 Å². The monoisotopic (exact) mass is 678 g/mol. The van der Waals surface area contributed by atoms with Crippen LogP contribution in [0.1, 0.15) is 52.5 Å². The molecule has 0 amide bonds. The fraction of sp³-hybridized carbons (Fsp3) is 0.552. The molecule has 1 aliphatic rings. The van der Waals surface area contributed by atoms with Gasteiger partial charge in [-0.3, -0.25) is 15.0 Å². The van der Waals surface area contributed by atoms with E-state index in [1.807, 2.05) is 51.6 Å². The minimum Gasteiger partial charge on any atom is -0.387 e. The van der Waals surface area contributed by atoms with E-state index in [1.165, 1.54) is 11.5 Å². The molecule has 1 N–H and O–H groups in total. The molecule has 1 aromatic rings. The number of alkyl halides is 4. The first kappa shape index (κ1) is 39.5. The first-order chi connectivity index (χ1) is 20.0. The summed E-state index contributed by atoms with van der Waals surface area (Å²) >= 11 is 3.31. The smallest absolute Gasteiger partial charge is 0.387 e. The van der Waals surface area contributed by atoms with Crippen LogP contribution in [0.15, 0.2) is 70.5 Å². The molecule has 2 heterocycles. The SMILES string of the molecule is C/C=C/S(=O)(=O)N1CCCC(C(C=NCN(C)/N=C\CBr)/C=C/NCc2cccnc2)C1.C/C=C\CC(F)(F)F.CC. The number of nitrogens with one attached hydrogen (secondary N) is 1. The average molecular weight is 680 g/mol. The summed E-state index contributed by atoms with van der Waals surface area (Å²) < 4.78 is 60.2. The van der Waals surface area contributed by atoms with Crippen LogP contribution >= 0.6 is 15.9 Å². The van der Waals surface area contributed by atoms with Gasteiger partial charge in [-0.05, 0) is 50.4 Å². The van der Waals surface area contributed by atoms with Crippen molar-refractivity contribution in [2.75, 3.05) is 32.1 Å². The minimum atomic E-state index is -4.04. The molecule has 2 rings (SSSR count). The highest BCUT2D eigenvalue weighted by molar-refractivity contribution is 9.09. The van der Waals surface area contributed by atoms with Gasteiger partial charge in [-0.15, -0.1) is 0 Å². The van der Waals surface area contributed by atoms with Gasteiger partial charge in [0.1, 0.15) is 6.67 Å². The second-order valence-corrected chi connectivity index (χ2v) is 11.4. The van der Waals surface area contributed by atoms with Gasteiger partial charge in [0.25, 0.3) is 0 Å². The van der Waals surface area contributed by atoms with E-state index >= 15 is 0 Å². The molecule has 1 saturated heterocycles. The number of hydrogen-bond donors (Lipinski definition) is 1. The summed E-state index contributed by atoms with van der Waals surface area (Å²) in [7, 11) is -1.51. The van der Waals surface area contributed by atoms with E-state index < -0.39 is 22.6 Å². The standard InChI is InChI=1S/C22H33BrN6O2S.C5H7F3.C2H6/c1-3-14-32(30,31)29-13-5-7-22(18-29)21(17-26-19-28(2)27-12-9-23)8-11-25-16-20-6-4-10-24-15-20;1-2-3-4-5(6,7)8;1-2/h3-4,6,8,10-12,14-15,17,21-22,25H,5,7,9,13,16,18-19H2,1-2H3;2-3H,4H2,1H3;1-2H3/b11-8+,14-3+,26-17?,27-12-;3-2-;. The van der Waals surface area contributed by atoms with Gasteiger partial charge in [0, 0.05) is 68.2 Å². The molecule has 8 nitrogen and oxygen atoms in total. The number of rotatable bonds is 13. The minimum absolute atomic E-state index is 0.00793. The molecule has 13 heteroatoms. The Morgan fingerprint density at radius 1 is 1.29 bits per heavy atom. The van der Waals surface area contributed by atoms with E-state index in [0.717, 1.165) is 24.5 Å². The van der Waals surface area contributed by atoms with Gasteiger partial charge in [0.2, 0.25) is 10.0 Å². The van der Waals surface area contributed by atoms with Crippen LogP contribution in [-0.2, 0) is 16.6 Å². The number of pyridine rings is 1. The Morgan fingerprint density at radius 3 is 2.60 bits per heavy atom. The maximum Gasteiger partial charge on any atom is 0.392 e. The maximum atomic E-state index is 12.5. The van der Waals surface area contributed by atoms with Crippen LogP contribution in [0.2, 0.25) is 0 Å². The zero-order chi connectivity index (χ0) is 31.9. The van der Waals surface area contributed by atoms with Crippen molar-refractivity contribution in [3.05, 3.63) is 66.0 Å². The molecule has 0 spiro atoms. The molecule has 0 saturated carbocycles. The van der Waals surface area contributed by atoms with Crippen LogP contribution in [-0.4, -0.2) is 73.5 Å². The Morgan fingerprint density at radius 2 is 2.02 bits per heavy atom. The quantitative estimate of drug-likeness (QED) is 0.108. The number of sulfonamides is 1. The van der Waals surface area contributed by atoms with Crippen molar-refractivity contribution in [1.29, 1.82) is 0 Å². The number of aliphatic imine (C=N–C) groups is 1. The Labute approximate surface area is 258 Å². The molecule has 238 valence electrons. The molecule has 2 unspecified atom stereocenters. The summed E-state index contributed by atoms with van der Waals surface area (Å²) in [5, 5.41) is 11.3. The van der Waals surface area contributed by atoms with Crippen molar-refractivity contribution in [3.8, 4) is 0 Å². The lowest BCUT2D eigenvalue weighted by Crippen LogP contribution is -2.41. The maximum absolute atomic E-state index is 12.5. The van der Waals surface area contributed by atoms with E-state index in [0.29, 0.717) is 31.6 Å². The summed E-state index contributed by atoms with van der Waals surface area (Å²) in [4.78, 5) is 8.69. The zero-order valence-corrected chi connectivity index (χ0v) is 27.6. The van der Waals surface area contributed by atoms with E-state index in [1.54, 1.807) is 41.6 Å². The van der Waals surface area contributed by atoms with Gasteiger partial charge in [0.15, 0.2) is 0 Å². The van der Waals surface area contributed by atoms with Gasteiger partial charge in [0.05, 0.1) is 6.42 Å². The van der Waals surface area contributed by atoms with Gasteiger partial charge in [-0.25, -0.2) is 8.42 Å². The molecule has 0 radical (unpaired) electrons. The molecule has 0 aromatic carbocycles. The predicted octanol–water partition coefficient (Wildman–Crippen LogP) is 6.76. The second kappa shape index (κ2) is 23.0. The molecule has 42 heavy (non-hydrogen) atoms. The Hall–Kier alpha value is -2.51. The van der Waals surface area contributed by atoms with Crippen LogP contribution in [0.5, 0.6) is 0 Å². The lowest BCUT2D eigenvalue weighted by molar-refractivity contribution is -0.125. The van der Waals surface area contributed by atoms with Crippen molar-refractivity contribution in [1.82, 2.24) is 19.6 Å². The van der Waals surface area contributed by atoms with E-state index in [2.05, 4.69) is 42.4 Å². The van der Waals surface area contributed by atoms with Crippen LogP contribution in [0.3, 0.4) is 0 Å². The number of hydrazone groups is 1. The van der Waals surface area contributed by atoms with E-state index in [9.17, 15) is 21.6 Å². The van der Waals surface area contributed by atoms with E-state index in [-0.39, 0.29) is 11.8 Å². The first-order valence-electron chi connectivity index (χ1n) is 13.9. The number of allylic oxidation sites excluding steroid dienone is 4. The summed E-state index contributed by atoms with van der Waals surface area (Å²) in [5.41, 5.74) is 1.09. The number of nitrogens with zero attached hydrogens (tertiary/aromatic N) is 5. The highest BCUT2D eigenvalue weighted by Gasteiger charge is 2.30. The van der Waals surface area contributed by atoms with Gasteiger partial charge in [-0.1, -0.05) is 60.1 Å². The van der Waals surface area contributed by atoms with Crippen molar-refractivity contribution >= 4 is 38.4 Å². The summed E-state index contributed by atoms with van der Waals surface area (Å²) in [6.45, 7) is 9.42. The molecule has 1 aliphatic heterocycles. The Kier molecular flexibility index (Phi) is 21.6. The average Bonchev–Trinajstić information content (AvgIpc) is 2.98. The van der Waals surface area contributed by atoms with Gasteiger partial charge < -0.3 is 5.32 Å². The lowest BCUT2D eigenvalue weighted by Gasteiger charge is -2.33. The van der Waals surface area contributed by atoms with Gasteiger partial charge >= 0.3 is 6.18 Å². The predicted molar refractivity (Wildman–Crippen MR) is 172 cm³/mol. The third-order valence-electron chi connectivity index (χ3n) is 5.59. The number of piperidine rings is 1. The molecular formula is C29H46BrF3N6O2S. The Bertz CT molecular complexity index is 1080. The molecule has 2 atom stereocenters. The molecule has 1 aromatic heterocycles. The highest BCUT2D eigenvalue weighted by atomic mass is 79.9. The third kappa shape index (κ3) is 18.8. The second-order valence-electron chi connectivity index (χ2n) is 8.92. The van der Waals surface area contributed by atoms with Gasteiger partial charge in [-0.2, -0.15) is 22.6 Å². The van der Waals surface area contributed by atoms with Crippen LogP contribution in [0, 0.1) is 11.8 Å². The molecule has 1 fully saturated rings. The highest BCUT2D eigenvalue weighted by Crippen LogP contribution is 2.26. The first-order valence-corrected chi connectivity index (χ1v) is 16.5. The van der Waals surface area contributed by atoms with Crippen molar-refractivity contribution in [3.63, 3.8) is 0 Å². The fourth-order valence-electron chi connectivity index (χ4n) is 3.71. The van der Waals surface area contributed by atoms with Crippen LogP contribution in [0.25, 0.3) is 0 Å². The summed E-state index contributed by atoms with van der Waals surface area (Å²) in [5.74, 6) is 0.161. The molecule has 0 aliphatic carbocycles. The van der Waals surface area contributed by atoms with Crippen molar-refractivity contribution in [2.24, 2.45) is 21.9 Å². The lowest BCUT2D eigenvalue weighted by atomic mass is 9.87. The number of halogens is 4. The largest absolute Gasteiger partial charge is 0.392 e. The fourth-order valence-corrected chi connectivity index (χ4v) is 5.14. The van der Waals surface area contributed by atoms with Crippen molar-refractivity contribution < 1.29 is 21.6 Å². The topological polar surface area (TPSA) is 90.3 Å². The number of aromatic nitrogens is 1. The van der Waals surface area contributed by atoms with Crippen LogP contribution in [0.4, 0.5) is 13.2 Å². The summed E-state index contributed by atoms with van der Waals surface area (Å²) in [6, 6.07) is 3.92. The summed E-state index contributed by atoms with van der Waals surface area (Å²) in [6.07, 6.45) is 12.2. The normalized spacial score (nSPS) is 17.4. The zero-order valence-electron chi connectivity index (χ0n) is 25.2. The molecule has 0 bridgehead atoms. The Balaban J connectivity index is 0.00000145. The van der Waals surface area contributed by atoms with Crippen LogP contribution < -0.4 is 5.32 Å². The number of hydrogen-bond acceptors (Lipinski definition) is 7. The third-order valence-corrected chi connectivity index (χ3v) is 7.55. The van der Waals surface area contributed by atoms with Crippen molar-refractivity contribution in [2.45, 2.75) is 59.7 Å². The molecular weight excluding hydrogens is 633 g/mol.